The molecule has 0 bridgehead atoms. The minimum absolute atomic E-state index is 0.148. The molecule has 8 heteroatoms. The second kappa shape index (κ2) is 8.05. The molecule has 1 aliphatic heterocycles. The van der Waals surface area contributed by atoms with Crippen molar-refractivity contribution in [3.8, 4) is 0 Å². The van der Waals surface area contributed by atoms with E-state index >= 15 is 0 Å². The van der Waals surface area contributed by atoms with E-state index in [4.69, 9.17) is 4.42 Å². The normalized spacial score (nSPS) is 13.1. The molecule has 3 heterocycles. The van der Waals surface area contributed by atoms with Crippen LogP contribution in [0, 0.1) is 0 Å². The molecule has 0 fully saturated rings. The quantitative estimate of drug-likeness (QED) is 0.414. The fourth-order valence-electron chi connectivity index (χ4n) is 3.72. The Morgan fingerprint density at radius 1 is 1.06 bits per heavy atom. The molecule has 160 valence electrons. The van der Waals surface area contributed by atoms with Gasteiger partial charge in [-0.1, -0.05) is 36.5 Å². The number of carbonyl (C=O) groups is 3. The van der Waals surface area contributed by atoms with Crippen LogP contribution in [0.25, 0.3) is 10.2 Å². The van der Waals surface area contributed by atoms with Crippen LogP contribution >= 0.6 is 11.3 Å². The monoisotopic (exact) mass is 445 g/mol. The first kappa shape index (κ1) is 20.1. The number of imide groups is 1. The summed E-state index contributed by atoms with van der Waals surface area (Å²) >= 11 is 1.40. The Balaban J connectivity index is 1.47. The molecule has 0 radical (unpaired) electrons. The number of amides is 3. The maximum atomic E-state index is 13.4. The number of aryl methyl sites for hydroxylation is 1. The summed E-state index contributed by atoms with van der Waals surface area (Å²) in [6.45, 7) is 1.86. The first-order valence-electron chi connectivity index (χ1n) is 10.2. The molecule has 3 amide bonds. The van der Waals surface area contributed by atoms with Crippen molar-refractivity contribution >= 4 is 44.4 Å². The van der Waals surface area contributed by atoms with E-state index < -0.39 is 17.7 Å². The van der Waals surface area contributed by atoms with Gasteiger partial charge in [0, 0.05) is 0 Å². The van der Waals surface area contributed by atoms with E-state index in [0.717, 1.165) is 21.5 Å². The number of thiazole rings is 1. The highest BCUT2D eigenvalue weighted by Crippen LogP contribution is 2.31. The van der Waals surface area contributed by atoms with Gasteiger partial charge in [-0.3, -0.25) is 24.2 Å². The van der Waals surface area contributed by atoms with Crippen LogP contribution in [0.2, 0.25) is 0 Å². The maximum absolute atomic E-state index is 13.4. The Morgan fingerprint density at radius 2 is 1.81 bits per heavy atom. The van der Waals surface area contributed by atoms with Crippen molar-refractivity contribution in [3.05, 3.63) is 83.3 Å². The van der Waals surface area contributed by atoms with Crippen LogP contribution in [0.5, 0.6) is 0 Å². The predicted molar refractivity (Wildman–Crippen MR) is 121 cm³/mol. The molecule has 2 aromatic carbocycles. The zero-order chi connectivity index (χ0) is 22.2. The summed E-state index contributed by atoms with van der Waals surface area (Å²) in [4.78, 5) is 45.9. The van der Waals surface area contributed by atoms with Crippen LogP contribution in [-0.2, 0) is 17.8 Å². The third-order valence-corrected chi connectivity index (χ3v) is 6.49. The van der Waals surface area contributed by atoms with E-state index in [1.807, 2.05) is 12.1 Å². The lowest BCUT2D eigenvalue weighted by atomic mass is 10.1. The molecule has 0 saturated heterocycles. The van der Waals surface area contributed by atoms with Gasteiger partial charge in [-0.05, 0) is 48.4 Å². The number of fused-ring (bicyclic) bond motifs is 2. The van der Waals surface area contributed by atoms with Crippen molar-refractivity contribution in [2.24, 2.45) is 0 Å². The standard InChI is InChI=1S/C24H19N3O4S/c1-2-15-9-10-19-20(12-15)32-24(25-19)26(13-16-6-5-11-31-16)21(28)14-27-22(29)17-7-3-4-8-18(17)23(27)30/h3-12H,2,13-14H2,1H3. The van der Waals surface area contributed by atoms with Crippen molar-refractivity contribution in [1.82, 2.24) is 9.88 Å². The van der Waals surface area contributed by atoms with E-state index in [2.05, 4.69) is 18.0 Å². The third kappa shape index (κ3) is 3.48. The number of aromatic nitrogens is 1. The topological polar surface area (TPSA) is 83.7 Å². The van der Waals surface area contributed by atoms with E-state index in [9.17, 15) is 14.4 Å². The summed E-state index contributed by atoms with van der Waals surface area (Å²) in [5, 5.41) is 0.492. The predicted octanol–water partition coefficient (Wildman–Crippen LogP) is 4.28. The van der Waals surface area contributed by atoms with E-state index in [1.165, 1.54) is 28.1 Å². The molecule has 1 aliphatic rings. The molecule has 0 saturated carbocycles. The van der Waals surface area contributed by atoms with Gasteiger partial charge in [-0.2, -0.15) is 0 Å². The minimum Gasteiger partial charge on any atom is -0.467 e. The summed E-state index contributed by atoms with van der Waals surface area (Å²) in [6, 6.07) is 16.1. The molecular formula is C24H19N3O4S. The minimum atomic E-state index is -0.464. The van der Waals surface area contributed by atoms with Crippen LogP contribution in [0.15, 0.2) is 65.3 Å². The lowest BCUT2D eigenvalue weighted by molar-refractivity contribution is -0.119. The molecule has 0 spiro atoms. The molecule has 0 atom stereocenters. The molecule has 0 unspecified atom stereocenters. The SMILES string of the molecule is CCc1ccc2nc(N(Cc3ccco3)C(=O)CN3C(=O)c4ccccc4C3=O)sc2c1. The van der Waals surface area contributed by atoms with E-state index in [0.29, 0.717) is 22.0 Å². The first-order valence-corrected chi connectivity index (χ1v) is 11.0. The largest absolute Gasteiger partial charge is 0.467 e. The third-order valence-electron chi connectivity index (χ3n) is 5.45. The highest BCUT2D eigenvalue weighted by atomic mass is 32.1. The summed E-state index contributed by atoms with van der Waals surface area (Å²) in [5.41, 5.74) is 2.60. The van der Waals surface area contributed by atoms with Gasteiger partial charge < -0.3 is 4.42 Å². The number of benzene rings is 2. The molecule has 4 aromatic rings. The summed E-state index contributed by atoms with van der Waals surface area (Å²) in [7, 11) is 0. The van der Waals surface area contributed by atoms with Crippen LogP contribution in [0.1, 0.15) is 39.0 Å². The average Bonchev–Trinajstić information content (AvgIpc) is 3.53. The van der Waals surface area contributed by atoms with Gasteiger partial charge in [0.15, 0.2) is 5.13 Å². The average molecular weight is 446 g/mol. The summed E-state index contributed by atoms with van der Waals surface area (Å²) in [5.74, 6) is -0.762. The van der Waals surface area contributed by atoms with Crippen molar-refractivity contribution in [2.75, 3.05) is 11.4 Å². The lowest BCUT2D eigenvalue weighted by Gasteiger charge is -2.21. The van der Waals surface area contributed by atoms with Crippen molar-refractivity contribution < 1.29 is 18.8 Å². The van der Waals surface area contributed by atoms with E-state index in [1.54, 1.807) is 36.4 Å². The molecular weight excluding hydrogens is 426 g/mol. The van der Waals surface area contributed by atoms with E-state index in [-0.39, 0.29) is 13.1 Å². The highest BCUT2D eigenvalue weighted by Gasteiger charge is 2.37. The molecule has 7 nitrogen and oxygen atoms in total. The van der Waals surface area contributed by atoms with Gasteiger partial charge in [-0.25, -0.2) is 4.98 Å². The number of hydrogen-bond acceptors (Lipinski definition) is 6. The molecule has 5 rings (SSSR count). The van der Waals surface area contributed by atoms with Crippen LogP contribution in [-0.4, -0.2) is 34.2 Å². The maximum Gasteiger partial charge on any atom is 0.262 e. The highest BCUT2D eigenvalue weighted by molar-refractivity contribution is 7.22. The zero-order valence-corrected chi connectivity index (χ0v) is 18.1. The fourth-order valence-corrected chi connectivity index (χ4v) is 4.76. The second-order valence-corrected chi connectivity index (χ2v) is 8.46. The molecule has 2 aromatic heterocycles. The van der Waals surface area contributed by atoms with Crippen molar-refractivity contribution in [2.45, 2.75) is 19.9 Å². The molecule has 32 heavy (non-hydrogen) atoms. The van der Waals surface area contributed by atoms with Gasteiger partial charge in [0.1, 0.15) is 12.3 Å². The molecule has 0 N–H and O–H groups in total. The Hall–Kier alpha value is -3.78. The van der Waals surface area contributed by atoms with Gasteiger partial charge in [0.25, 0.3) is 11.8 Å². The number of rotatable bonds is 6. The number of nitrogens with zero attached hydrogens (tertiary/aromatic N) is 3. The first-order chi connectivity index (χ1) is 15.5. The fraction of sp³-hybridized carbons (Fsp3) is 0.167. The molecule has 0 aliphatic carbocycles. The van der Waals surface area contributed by atoms with Crippen LogP contribution < -0.4 is 4.90 Å². The van der Waals surface area contributed by atoms with Gasteiger partial charge in [0.2, 0.25) is 5.91 Å². The number of carbonyl (C=O) groups excluding carboxylic acids is 3. The number of hydrogen-bond donors (Lipinski definition) is 0. The Morgan fingerprint density at radius 3 is 2.47 bits per heavy atom. The van der Waals surface area contributed by atoms with Gasteiger partial charge >= 0.3 is 0 Å². The van der Waals surface area contributed by atoms with Crippen LogP contribution in [0.3, 0.4) is 0 Å². The Bertz CT molecular complexity index is 1310. The number of anilines is 1. The Kier molecular flexibility index (Phi) is 5.07. The van der Waals surface area contributed by atoms with Crippen LogP contribution in [0.4, 0.5) is 5.13 Å². The Labute approximate surface area is 187 Å². The smallest absolute Gasteiger partial charge is 0.262 e. The summed E-state index contributed by atoms with van der Waals surface area (Å²) < 4.78 is 6.41. The van der Waals surface area contributed by atoms with Gasteiger partial charge in [0.05, 0.1) is 34.2 Å². The lowest BCUT2D eigenvalue weighted by Crippen LogP contribution is -2.42. The second-order valence-electron chi connectivity index (χ2n) is 7.45. The zero-order valence-electron chi connectivity index (χ0n) is 17.3. The van der Waals surface area contributed by atoms with Gasteiger partial charge in [-0.15, -0.1) is 0 Å². The van der Waals surface area contributed by atoms with Crippen molar-refractivity contribution in [1.29, 1.82) is 0 Å². The summed E-state index contributed by atoms with van der Waals surface area (Å²) in [6.07, 6.45) is 2.44. The number of furan rings is 1. The van der Waals surface area contributed by atoms with Crippen molar-refractivity contribution in [3.63, 3.8) is 0 Å².